The number of oxime groups is 1. The molecule has 0 aliphatic carbocycles. The van der Waals surface area contributed by atoms with Crippen molar-refractivity contribution in [1.29, 1.82) is 0 Å². The molecule has 0 aromatic rings. The average molecular weight is 241 g/mol. The zero-order valence-electron chi connectivity index (χ0n) is 11.1. The standard InChI is InChI=1S/C13H27N3O/c1-2-5-12-6-3-9-16(11-8-12)10-4-7-13(14)15-17/h12,17H,2-11H2,1H3,(H2,14,15). The Hall–Kier alpha value is -0.770. The smallest absolute Gasteiger partial charge is 0.139 e. The van der Waals surface area contributed by atoms with Crippen LogP contribution < -0.4 is 5.73 Å². The minimum atomic E-state index is 0.351. The maximum Gasteiger partial charge on any atom is 0.139 e. The largest absolute Gasteiger partial charge is 0.409 e. The summed E-state index contributed by atoms with van der Waals surface area (Å²) in [5, 5.41) is 11.5. The summed E-state index contributed by atoms with van der Waals surface area (Å²) in [6.07, 6.45) is 8.46. The van der Waals surface area contributed by atoms with Crippen molar-refractivity contribution in [2.45, 2.75) is 51.9 Å². The summed E-state index contributed by atoms with van der Waals surface area (Å²) in [4.78, 5) is 2.53. The fourth-order valence-electron chi connectivity index (χ4n) is 2.68. The third-order valence-electron chi connectivity index (χ3n) is 3.67. The summed E-state index contributed by atoms with van der Waals surface area (Å²) in [7, 11) is 0. The van der Waals surface area contributed by atoms with Gasteiger partial charge in [0.1, 0.15) is 5.84 Å². The van der Waals surface area contributed by atoms with Gasteiger partial charge in [0.2, 0.25) is 0 Å². The van der Waals surface area contributed by atoms with Crippen LogP contribution in [0.5, 0.6) is 0 Å². The van der Waals surface area contributed by atoms with Gasteiger partial charge in [-0.1, -0.05) is 24.9 Å². The molecule has 0 radical (unpaired) electrons. The first kappa shape index (κ1) is 14.3. The van der Waals surface area contributed by atoms with Crippen LogP contribution in [-0.4, -0.2) is 35.6 Å². The molecule has 1 saturated heterocycles. The highest BCUT2D eigenvalue weighted by atomic mass is 16.4. The quantitative estimate of drug-likeness (QED) is 0.325. The van der Waals surface area contributed by atoms with Crippen molar-refractivity contribution in [3.8, 4) is 0 Å². The number of nitrogens with two attached hydrogens (primary N) is 1. The van der Waals surface area contributed by atoms with E-state index in [0.717, 1.165) is 18.9 Å². The monoisotopic (exact) mass is 241 g/mol. The van der Waals surface area contributed by atoms with Crippen LogP contribution >= 0.6 is 0 Å². The average Bonchev–Trinajstić information content (AvgIpc) is 2.55. The van der Waals surface area contributed by atoms with Crippen LogP contribution in [0, 0.1) is 5.92 Å². The predicted octanol–water partition coefficient (Wildman–Crippen LogP) is 2.42. The second-order valence-corrected chi connectivity index (χ2v) is 5.12. The number of hydrogen-bond acceptors (Lipinski definition) is 3. The number of hydrogen-bond donors (Lipinski definition) is 2. The molecule has 1 aliphatic heterocycles. The van der Waals surface area contributed by atoms with Gasteiger partial charge in [-0.15, -0.1) is 0 Å². The van der Waals surface area contributed by atoms with E-state index in [9.17, 15) is 0 Å². The third kappa shape index (κ3) is 5.91. The maximum absolute atomic E-state index is 8.46. The first-order valence-electron chi connectivity index (χ1n) is 6.95. The van der Waals surface area contributed by atoms with Crippen molar-refractivity contribution in [3.05, 3.63) is 0 Å². The SMILES string of the molecule is CCCC1CCCN(CCCC(N)=NO)CC1. The molecule has 1 rings (SSSR count). The maximum atomic E-state index is 8.46. The van der Waals surface area contributed by atoms with E-state index in [1.807, 2.05) is 0 Å². The van der Waals surface area contributed by atoms with Crippen molar-refractivity contribution in [3.63, 3.8) is 0 Å². The third-order valence-corrected chi connectivity index (χ3v) is 3.67. The van der Waals surface area contributed by atoms with E-state index in [0.29, 0.717) is 12.3 Å². The predicted molar refractivity (Wildman–Crippen MR) is 71.3 cm³/mol. The number of rotatable bonds is 6. The van der Waals surface area contributed by atoms with Gasteiger partial charge in [0.15, 0.2) is 0 Å². The number of nitrogens with zero attached hydrogens (tertiary/aromatic N) is 2. The molecule has 100 valence electrons. The van der Waals surface area contributed by atoms with Gasteiger partial charge in [0.05, 0.1) is 0 Å². The van der Waals surface area contributed by atoms with Gasteiger partial charge in [0, 0.05) is 6.42 Å². The van der Waals surface area contributed by atoms with Crippen molar-refractivity contribution in [2.75, 3.05) is 19.6 Å². The van der Waals surface area contributed by atoms with Crippen molar-refractivity contribution in [2.24, 2.45) is 16.8 Å². The van der Waals surface area contributed by atoms with Crippen LogP contribution in [0.3, 0.4) is 0 Å². The Balaban J connectivity index is 2.18. The fraction of sp³-hybridized carbons (Fsp3) is 0.923. The topological polar surface area (TPSA) is 61.8 Å². The molecule has 17 heavy (non-hydrogen) atoms. The van der Waals surface area contributed by atoms with Crippen LogP contribution in [-0.2, 0) is 0 Å². The van der Waals surface area contributed by atoms with E-state index < -0.39 is 0 Å². The summed E-state index contributed by atoms with van der Waals surface area (Å²) in [6, 6.07) is 0. The molecule has 0 aromatic carbocycles. The lowest BCUT2D eigenvalue weighted by Crippen LogP contribution is -2.27. The van der Waals surface area contributed by atoms with Crippen molar-refractivity contribution < 1.29 is 5.21 Å². The Bertz CT molecular complexity index is 231. The molecule has 4 nitrogen and oxygen atoms in total. The minimum absolute atomic E-state index is 0.351. The molecule has 0 spiro atoms. The number of amidine groups is 1. The highest BCUT2D eigenvalue weighted by molar-refractivity contribution is 5.79. The van der Waals surface area contributed by atoms with E-state index in [4.69, 9.17) is 10.9 Å². The van der Waals surface area contributed by atoms with Crippen molar-refractivity contribution in [1.82, 2.24) is 4.90 Å². The van der Waals surface area contributed by atoms with E-state index in [1.165, 1.54) is 45.2 Å². The molecular formula is C13H27N3O. The Morgan fingerprint density at radius 1 is 1.41 bits per heavy atom. The highest BCUT2D eigenvalue weighted by Crippen LogP contribution is 2.21. The normalized spacial score (nSPS) is 23.6. The molecule has 1 aliphatic rings. The molecule has 4 heteroatoms. The van der Waals surface area contributed by atoms with E-state index in [2.05, 4.69) is 17.0 Å². The molecule has 0 bridgehead atoms. The second kappa shape index (κ2) is 8.34. The molecule has 1 heterocycles. The van der Waals surface area contributed by atoms with Gasteiger partial charge in [-0.05, 0) is 51.2 Å². The van der Waals surface area contributed by atoms with Crippen LogP contribution in [0.1, 0.15) is 51.9 Å². The van der Waals surface area contributed by atoms with Crippen LogP contribution in [0.2, 0.25) is 0 Å². The Kier molecular flexibility index (Phi) is 7.01. The van der Waals surface area contributed by atoms with Gasteiger partial charge in [-0.3, -0.25) is 0 Å². The van der Waals surface area contributed by atoms with E-state index >= 15 is 0 Å². The lowest BCUT2D eigenvalue weighted by Gasteiger charge is -2.19. The van der Waals surface area contributed by atoms with Gasteiger partial charge < -0.3 is 15.8 Å². The van der Waals surface area contributed by atoms with Gasteiger partial charge in [-0.2, -0.15) is 0 Å². The summed E-state index contributed by atoms with van der Waals surface area (Å²) in [5.41, 5.74) is 5.46. The van der Waals surface area contributed by atoms with Gasteiger partial charge in [0.25, 0.3) is 0 Å². The molecule has 1 atom stereocenters. The van der Waals surface area contributed by atoms with Gasteiger partial charge in [-0.25, -0.2) is 0 Å². The Morgan fingerprint density at radius 3 is 2.94 bits per heavy atom. The zero-order chi connectivity index (χ0) is 12.5. The summed E-state index contributed by atoms with van der Waals surface area (Å²) in [5.74, 6) is 1.29. The molecule has 1 unspecified atom stereocenters. The Labute approximate surface area is 105 Å². The Morgan fingerprint density at radius 2 is 2.24 bits per heavy atom. The molecule has 0 saturated carbocycles. The molecular weight excluding hydrogens is 214 g/mol. The molecule has 1 fully saturated rings. The van der Waals surface area contributed by atoms with Gasteiger partial charge >= 0.3 is 0 Å². The summed E-state index contributed by atoms with van der Waals surface area (Å²) >= 11 is 0. The minimum Gasteiger partial charge on any atom is -0.409 e. The zero-order valence-corrected chi connectivity index (χ0v) is 11.1. The van der Waals surface area contributed by atoms with Crippen LogP contribution in [0.15, 0.2) is 5.16 Å². The lowest BCUT2D eigenvalue weighted by atomic mass is 9.96. The van der Waals surface area contributed by atoms with Crippen LogP contribution in [0.25, 0.3) is 0 Å². The molecule has 0 amide bonds. The van der Waals surface area contributed by atoms with E-state index in [-0.39, 0.29) is 0 Å². The lowest BCUT2D eigenvalue weighted by molar-refractivity contribution is 0.276. The highest BCUT2D eigenvalue weighted by Gasteiger charge is 2.15. The number of likely N-dealkylation sites (tertiary alicyclic amines) is 1. The first-order chi connectivity index (χ1) is 8.26. The summed E-state index contributed by atoms with van der Waals surface area (Å²) in [6.45, 7) is 5.80. The molecule has 0 aromatic heterocycles. The van der Waals surface area contributed by atoms with E-state index in [1.54, 1.807) is 0 Å². The van der Waals surface area contributed by atoms with Crippen molar-refractivity contribution >= 4 is 5.84 Å². The fourth-order valence-corrected chi connectivity index (χ4v) is 2.68. The van der Waals surface area contributed by atoms with Crippen LogP contribution in [0.4, 0.5) is 0 Å². The second-order valence-electron chi connectivity index (χ2n) is 5.12. The molecule has 3 N–H and O–H groups in total. The summed E-state index contributed by atoms with van der Waals surface area (Å²) < 4.78 is 0. The first-order valence-corrected chi connectivity index (χ1v) is 6.95.